The molecule has 3 nitrogen and oxygen atoms in total. The Kier molecular flexibility index (Phi) is 2.26. The molecular formula is C13H18N2O. The highest BCUT2D eigenvalue weighted by Crippen LogP contribution is 2.44. The number of pyridine rings is 1. The summed E-state index contributed by atoms with van der Waals surface area (Å²) in [5, 5.41) is 10.8. The van der Waals surface area contributed by atoms with Crippen LogP contribution in [0.5, 0.6) is 0 Å². The van der Waals surface area contributed by atoms with Crippen molar-refractivity contribution in [1.29, 1.82) is 0 Å². The quantitative estimate of drug-likeness (QED) is 0.776. The summed E-state index contributed by atoms with van der Waals surface area (Å²) in [5.74, 6) is 0. The lowest BCUT2D eigenvalue weighted by atomic mass is 9.81. The third-order valence-electron chi connectivity index (χ3n) is 4.33. The highest BCUT2D eigenvalue weighted by atomic mass is 16.3. The highest BCUT2D eigenvalue weighted by Gasteiger charge is 2.46. The fourth-order valence-corrected chi connectivity index (χ4v) is 3.32. The van der Waals surface area contributed by atoms with Gasteiger partial charge in [0.2, 0.25) is 0 Å². The first-order valence-corrected chi connectivity index (χ1v) is 6.04. The Hall–Kier alpha value is -0.930. The molecule has 2 bridgehead atoms. The summed E-state index contributed by atoms with van der Waals surface area (Å²) in [7, 11) is 2.19. The van der Waals surface area contributed by atoms with E-state index in [1.54, 1.807) is 6.20 Å². The predicted molar refractivity (Wildman–Crippen MR) is 61.9 cm³/mol. The van der Waals surface area contributed by atoms with Gasteiger partial charge in [-0.15, -0.1) is 0 Å². The van der Waals surface area contributed by atoms with Gasteiger partial charge in [-0.2, -0.15) is 0 Å². The number of hydrogen-bond acceptors (Lipinski definition) is 3. The second-order valence-electron chi connectivity index (χ2n) is 5.23. The third kappa shape index (κ3) is 1.46. The number of nitrogens with zero attached hydrogens (tertiary/aromatic N) is 2. The van der Waals surface area contributed by atoms with Crippen molar-refractivity contribution in [3.8, 4) is 0 Å². The van der Waals surface area contributed by atoms with Crippen LogP contribution in [-0.2, 0) is 5.60 Å². The van der Waals surface area contributed by atoms with Crippen molar-refractivity contribution in [3.05, 3.63) is 30.1 Å². The second-order valence-corrected chi connectivity index (χ2v) is 5.23. The van der Waals surface area contributed by atoms with Gasteiger partial charge in [0, 0.05) is 30.0 Å². The lowest BCUT2D eigenvalue weighted by Gasteiger charge is -2.42. The van der Waals surface area contributed by atoms with Crippen LogP contribution in [0.2, 0.25) is 0 Å². The predicted octanol–water partition coefficient (Wildman–Crippen LogP) is 1.53. The standard InChI is InChI=1S/C13H18N2O/c1-15-11-4-5-12(15)8-13(16,7-11)10-3-2-6-14-9-10/h2-3,6,9,11-12,16H,4-5,7-8H2,1H3/t11-,12+,13-. The van der Waals surface area contributed by atoms with E-state index in [0.717, 1.165) is 18.4 Å². The summed E-state index contributed by atoms with van der Waals surface area (Å²) in [6, 6.07) is 5.00. The molecule has 3 rings (SSSR count). The van der Waals surface area contributed by atoms with Crippen LogP contribution in [0.1, 0.15) is 31.2 Å². The van der Waals surface area contributed by atoms with Crippen LogP contribution in [0.4, 0.5) is 0 Å². The van der Waals surface area contributed by atoms with E-state index in [0.29, 0.717) is 12.1 Å². The Morgan fingerprint density at radius 3 is 2.62 bits per heavy atom. The van der Waals surface area contributed by atoms with Gasteiger partial charge in [0.15, 0.2) is 0 Å². The first kappa shape index (κ1) is 10.2. The van der Waals surface area contributed by atoms with E-state index >= 15 is 0 Å². The van der Waals surface area contributed by atoms with Crippen LogP contribution >= 0.6 is 0 Å². The molecule has 0 amide bonds. The normalized spacial score (nSPS) is 38.9. The van der Waals surface area contributed by atoms with Crippen molar-refractivity contribution in [1.82, 2.24) is 9.88 Å². The molecule has 86 valence electrons. The largest absolute Gasteiger partial charge is 0.385 e. The topological polar surface area (TPSA) is 36.4 Å². The summed E-state index contributed by atoms with van der Waals surface area (Å²) < 4.78 is 0. The molecule has 1 aromatic heterocycles. The van der Waals surface area contributed by atoms with Crippen LogP contribution in [0.3, 0.4) is 0 Å². The highest BCUT2D eigenvalue weighted by molar-refractivity contribution is 5.21. The molecule has 0 saturated carbocycles. The summed E-state index contributed by atoms with van der Waals surface area (Å²) in [4.78, 5) is 6.56. The van der Waals surface area contributed by atoms with Gasteiger partial charge in [0.25, 0.3) is 0 Å². The van der Waals surface area contributed by atoms with Gasteiger partial charge in [-0.3, -0.25) is 4.98 Å². The van der Waals surface area contributed by atoms with E-state index in [1.807, 2.05) is 18.3 Å². The van der Waals surface area contributed by atoms with Gasteiger partial charge in [-0.1, -0.05) is 6.07 Å². The van der Waals surface area contributed by atoms with Crippen LogP contribution in [0.15, 0.2) is 24.5 Å². The Balaban J connectivity index is 1.91. The fraction of sp³-hybridized carbons (Fsp3) is 0.615. The van der Waals surface area contributed by atoms with E-state index in [-0.39, 0.29) is 0 Å². The average Bonchev–Trinajstić information content (AvgIpc) is 2.54. The molecule has 0 spiro atoms. The summed E-state index contributed by atoms with van der Waals surface area (Å²) >= 11 is 0. The van der Waals surface area contributed by atoms with Gasteiger partial charge in [0.1, 0.15) is 0 Å². The van der Waals surface area contributed by atoms with Crippen molar-refractivity contribution < 1.29 is 5.11 Å². The molecule has 1 aromatic rings. The lowest BCUT2D eigenvalue weighted by molar-refractivity contribution is -0.0495. The number of aliphatic hydroxyl groups is 1. The van der Waals surface area contributed by atoms with E-state index < -0.39 is 5.60 Å². The van der Waals surface area contributed by atoms with Gasteiger partial charge in [-0.05, 0) is 38.8 Å². The first-order chi connectivity index (χ1) is 7.69. The molecule has 2 saturated heterocycles. The molecular weight excluding hydrogens is 200 g/mol. The minimum atomic E-state index is -0.646. The maximum absolute atomic E-state index is 10.8. The molecule has 0 aromatic carbocycles. The van der Waals surface area contributed by atoms with Crippen molar-refractivity contribution in [2.75, 3.05) is 7.05 Å². The molecule has 3 heteroatoms. The number of hydrogen-bond donors (Lipinski definition) is 1. The lowest BCUT2D eigenvalue weighted by Crippen LogP contribution is -2.47. The number of aromatic nitrogens is 1. The second kappa shape index (κ2) is 3.54. The SMILES string of the molecule is CN1[C@@H]2CC[C@H]1C[C@@](O)(c1cccnc1)C2. The monoisotopic (exact) mass is 218 g/mol. The molecule has 3 atom stereocenters. The van der Waals surface area contributed by atoms with Gasteiger partial charge in [0.05, 0.1) is 5.60 Å². The van der Waals surface area contributed by atoms with Crippen LogP contribution in [-0.4, -0.2) is 34.1 Å². The Morgan fingerprint density at radius 1 is 1.38 bits per heavy atom. The fourth-order valence-electron chi connectivity index (χ4n) is 3.32. The maximum atomic E-state index is 10.8. The van der Waals surface area contributed by atoms with Gasteiger partial charge in [-0.25, -0.2) is 0 Å². The molecule has 2 aliphatic rings. The molecule has 0 radical (unpaired) electrons. The summed E-state index contributed by atoms with van der Waals surface area (Å²) in [6.07, 6.45) is 7.73. The zero-order valence-electron chi connectivity index (χ0n) is 9.63. The number of piperidine rings is 1. The van der Waals surface area contributed by atoms with E-state index in [1.165, 1.54) is 12.8 Å². The molecule has 2 aliphatic heterocycles. The van der Waals surface area contributed by atoms with E-state index in [9.17, 15) is 5.11 Å². The molecule has 3 heterocycles. The van der Waals surface area contributed by atoms with Crippen molar-refractivity contribution in [3.63, 3.8) is 0 Å². The van der Waals surface area contributed by atoms with E-state index in [4.69, 9.17) is 0 Å². The maximum Gasteiger partial charge on any atom is 0.0941 e. The Labute approximate surface area is 96.1 Å². The molecule has 0 unspecified atom stereocenters. The van der Waals surface area contributed by atoms with E-state index in [2.05, 4.69) is 16.9 Å². The summed E-state index contributed by atoms with van der Waals surface area (Å²) in [6.45, 7) is 0. The number of rotatable bonds is 1. The average molecular weight is 218 g/mol. The van der Waals surface area contributed by atoms with Crippen molar-refractivity contribution in [2.45, 2.75) is 43.4 Å². The molecule has 16 heavy (non-hydrogen) atoms. The smallest absolute Gasteiger partial charge is 0.0941 e. The molecule has 0 aliphatic carbocycles. The zero-order valence-corrected chi connectivity index (χ0v) is 9.63. The Morgan fingerprint density at radius 2 is 2.06 bits per heavy atom. The van der Waals surface area contributed by atoms with Crippen LogP contribution in [0.25, 0.3) is 0 Å². The van der Waals surface area contributed by atoms with Crippen molar-refractivity contribution >= 4 is 0 Å². The zero-order chi connectivity index (χ0) is 11.2. The van der Waals surface area contributed by atoms with Crippen molar-refractivity contribution in [2.24, 2.45) is 0 Å². The Bertz CT molecular complexity index is 365. The van der Waals surface area contributed by atoms with Gasteiger partial charge < -0.3 is 10.0 Å². The molecule has 1 N–H and O–H groups in total. The minimum absolute atomic E-state index is 0.545. The van der Waals surface area contributed by atoms with Crippen LogP contribution in [0, 0.1) is 0 Å². The third-order valence-corrected chi connectivity index (χ3v) is 4.33. The minimum Gasteiger partial charge on any atom is -0.385 e. The molecule has 2 fully saturated rings. The van der Waals surface area contributed by atoms with Gasteiger partial charge >= 0.3 is 0 Å². The van der Waals surface area contributed by atoms with Crippen LogP contribution < -0.4 is 0 Å². The summed E-state index contributed by atoms with van der Waals surface area (Å²) in [5.41, 5.74) is 0.340. The number of fused-ring (bicyclic) bond motifs is 2. The first-order valence-electron chi connectivity index (χ1n) is 6.04.